The van der Waals surface area contributed by atoms with Gasteiger partial charge < -0.3 is 5.73 Å². The summed E-state index contributed by atoms with van der Waals surface area (Å²) in [6.45, 7) is 0. The summed E-state index contributed by atoms with van der Waals surface area (Å²) in [5.74, 6) is 0.749. The molecule has 1 fully saturated rings. The lowest BCUT2D eigenvalue weighted by Crippen LogP contribution is -1.83. The maximum absolute atomic E-state index is 5.45. The summed E-state index contributed by atoms with van der Waals surface area (Å²) in [7, 11) is 0. The minimum Gasteiger partial charge on any atom is -0.375 e. The quantitative estimate of drug-likeness (QED) is 0.789. The molecule has 1 aliphatic rings. The minimum atomic E-state index is 0. The highest BCUT2D eigenvalue weighted by atomic mass is 79.9. The number of rotatable bonds is 1. The topological polar surface area (TPSA) is 38.9 Å². The van der Waals surface area contributed by atoms with Gasteiger partial charge in [0, 0.05) is 11.3 Å². The van der Waals surface area contributed by atoms with Gasteiger partial charge in [0.2, 0.25) is 0 Å². The molecule has 4 heteroatoms. The highest BCUT2D eigenvalue weighted by molar-refractivity contribution is 8.93. The van der Waals surface area contributed by atoms with Crippen LogP contribution < -0.4 is 5.73 Å². The number of halogens is 1. The van der Waals surface area contributed by atoms with Crippen LogP contribution in [0.4, 0.5) is 5.13 Å². The van der Waals surface area contributed by atoms with Gasteiger partial charge in [-0.3, -0.25) is 0 Å². The Hall–Kier alpha value is -0.0900. The molecule has 0 atom stereocenters. The van der Waals surface area contributed by atoms with Crippen LogP contribution >= 0.6 is 28.3 Å². The number of hydrogen-bond donors (Lipinski definition) is 1. The van der Waals surface area contributed by atoms with Crippen molar-refractivity contribution >= 4 is 33.4 Å². The molecule has 0 aromatic carbocycles. The second-order valence-electron chi connectivity index (χ2n) is 2.38. The number of thiazole rings is 1. The van der Waals surface area contributed by atoms with Crippen LogP contribution in [0.25, 0.3) is 0 Å². The first-order valence-corrected chi connectivity index (χ1v) is 3.95. The second-order valence-corrected chi connectivity index (χ2v) is 3.27. The normalized spacial score (nSPS) is 16.4. The Balaban J connectivity index is 0.000000500. The van der Waals surface area contributed by atoms with Gasteiger partial charge in [-0.25, -0.2) is 4.98 Å². The van der Waals surface area contributed by atoms with Crippen molar-refractivity contribution in [1.82, 2.24) is 4.98 Å². The van der Waals surface area contributed by atoms with E-state index in [1.165, 1.54) is 29.9 Å². The van der Waals surface area contributed by atoms with Crippen molar-refractivity contribution in [2.24, 2.45) is 0 Å². The van der Waals surface area contributed by atoms with Crippen molar-refractivity contribution in [2.75, 3.05) is 5.73 Å². The third-order valence-electron chi connectivity index (χ3n) is 1.54. The van der Waals surface area contributed by atoms with Crippen molar-refractivity contribution in [1.29, 1.82) is 0 Å². The van der Waals surface area contributed by atoms with Crippen LogP contribution in [0.15, 0.2) is 5.38 Å². The fourth-order valence-corrected chi connectivity index (χ4v) is 1.51. The number of nitrogen functional groups attached to an aromatic ring is 1. The first-order valence-electron chi connectivity index (χ1n) is 3.07. The second kappa shape index (κ2) is 2.88. The third-order valence-corrected chi connectivity index (χ3v) is 2.23. The number of anilines is 1. The molecular weight excluding hydrogens is 212 g/mol. The highest BCUT2D eigenvalue weighted by Crippen LogP contribution is 2.40. The van der Waals surface area contributed by atoms with Gasteiger partial charge in [0.25, 0.3) is 0 Å². The molecule has 0 aliphatic heterocycles. The van der Waals surface area contributed by atoms with E-state index in [0.717, 1.165) is 5.92 Å². The molecule has 2 nitrogen and oxygen atoms in total. The Kier molecular flexibility index (Phi) is 2.31. The van der Waals surface area contributed by atoms with Gasteiger partial charge in [-0.2, -0.15) is 0 Å². The standard InChI is InChI=1S/C6H8N2S.BrH/c7-6-8-5(3-9-6)4-1-2-4;/h3-4H,1-2H2,(H2,7,8);1H. The Morgan fingerprint density at radius 2 is 2.30 bits per heavy atom. The zero-order valence-electron chi connectivity index (χ0n) is 5.41. The molecule has 1 aliphatic carbocycles. The molecule has 1 saturated carbocycles. The molecule has 0 bridgehead atoms. The maximum atomic E-state index is 5.45. The summed E-state index contributed by atoms with van der Waals surface area (Å²) in [5.41, 5.74) is 6.66. The van der Waals surface area contributed by atoms with Crippen LogP contribution in [0, 0.1) is 0 Å². The average Bonchev–Trinajstić information content (AvgIpc) is 2.58. The van der Waals surface area contributed by atoms with E-state index in [0.29, 0.717) is 5.13 Å². The molecule has 1 heterocycles. The van der Waals surface area contributed by atoms with Gasteiger partial charge in [-0.05, 0) is 12.8 Å². The van der Waals surface area contributed by atoms with E-state index >= 15 is 0 Å². The van der Waals surface area contributed by atoms with Gasteiger partial charge in [0.05, 0.1) is 5.69 Å². The fraction of sp³-hybridized carbons (Fsp3) is 0.500. The summed E-state index contributed by atoms with van der Waals surface area (Å²) in [6.07, 6.45) is 2.62. The lowest BCUT2D eigenvalue weighted by atomic mass is 10.3. The maximum Gasteiger partial charge on any atom is 0.180 e. The van der Waals surface area contributed by atoms with Crippen molar-refractivity contribution in [3.63, 3.8) is 0 Å². The van der Waals surface area contributed by atoms with Gasteiger partial charge in [-0.1, -0.05) is 0 Å². The van der Waals surface area contributed by atoms with Crippen LogP contribution in [0.1, 0.15) is 24.5 Å². The Labute approximate surface area is 74.2 Å². The summed E-state index contributed by atoms with van der Waals surface area (Å²) >= 11 is 1.54. The summed E-state index contributed by atoms with van der Waals surface area (Å²) in [4.78, 5) is 4.17. The SMILES string of the molecule is Br.Nc1nc(C2CC2)cs1. The van der Waals surface area contributed by atoms with Crippen LogP contribution in [0.3, 0.4) is 0 Å². The Morgan fingerprint density at radius 1 is 1.60 bits per heavy atom. The van der Waals surface area contributed by atoms with E-state index in [-0.39, 0.29) is 17.0 Å². The highest BCUT2D eigenvalue weighted by Gasteiger charge is 2.25. The van der Waals surface area contributed by atoms with E-state index < -0.39 is 0 Å². The van der Waals surface area contributed by atoms with E-state index in [4.69, 9.17) is 5.73 Å². The van der Waals surface area contributed by atoms with Crippen LogP contribution in [0.2, 0.25) is 0 Å². The fourth-order valence-electron chi connectivity index (χ4n) is 0.867. The largest absolute Gasteiger partial charge is 0.375 e. The zero-order chi connectivity index (χ0) is 6.27. The third kappa shape index (κ3) is 1.49. The number of nitrogens with two attached hydrogens (primary N) is 1. The van der Waals surface area contributed by atoms with Crippen LogP contribution in [-0.4, -0.2) is 4.98 Å². The molecule has 0 radical (unpaired) electrons. The van der Waals surface area contributed by atoms with Crippen LogP contribution in [-0.2, 0) is 0 Å². The predicted molar refractivity (Wildman–Crippen MR) is 48.8 cm³/mol. The molecule has 1 aromatic heterocycles. The number of aromatic nitrogens is 1. The average molecular weight is 221 g/mol. The van der Waals surface area contributed by atoms with Gasteiger partial charge >= 0.3 is 0 Å². The minimum absolute atomic E-state index is 0. The lowest BCUT2D eigenvalue weighted by Gasteiger charge is -1.82. The first-order chi connectivity index (χ1) is 4.36. The van der Waals surface area contributed by atoms with Gasteiger partial charge in [0.1, 0.15) is 0 Å². The zero-order valence-corrected chi connectivity index (χ0v) is 7.94. The van der Waals surface area contributed by atoms with E-state index in [9.17, 15) is 0 Å². The summed E-state index contributed by atoms with van der Waals surface area (Å²) < 4.78 is 0. The monoisotopic (exact) mass is 220 g/mol. The first kappa shape index (κ1) is 8.01. The Bertz CT molecular complexity index is 219. The molecule has 1 aromatic rings. The Morgan fingerprint density at radius 3 is 2.70 bits per heavy atom. The van der Waals surface area contributed by atoms with Crippen molar-refractivity contribution in [2.45, 2.75) is 18.8 Å². The van der Waals surface area contributed by atoms with E-state index in [2.05, 4.69) is 10.4 Å². The summed E-state index contributed by atoms with van der Waals surface area (Å²) in [6, 6.07) is 0. The van der Waals surface area contributed by atoms with E-state index in [1.54, 1.807) is 0 Å². The lowest BCUT2D eigenvalue weighted by molar-refractivity contribution is 1.05. The number of hydrogen-bond acceptors (Lipinski definition) is 3. The van der Waals surface area contributed by atoms with Gasteiger partial charge in [0.15, 0.2) is 5.13 Å². The molecular formula is C6H9BrN2S. The van der Waals surface area contributed by atoms with Crippen LogP contribution in [0.5, 0.6) is 0 Å². The van der Waals surface area contributed by atoms with E-state index in [1.807, 2.05) is 0 Å². The van der Waals surface area contributed by atoms with Gasteiger partial charge in [-0.15, -0.1) is 28.3 Å². The molecule has 0 spiro atoms. The smallest absolute Gasteiger partial charge is 0.180 e. The number of nitrogens with zero attached hydrogens (tertiary/aromatic N) is 1. The molecule has 0 amide bonds. The predicted octanol–water partition coefficient (Wildman–Crippen LogP) is 2.18. The molecule has 10 heavy (non-hydrogen) atoms. The van der Waals surface area contributed by atoms with Crippen molar-refractivity contribution in [3.8, 4) is 0 Å². The molecule has 0 saturated heterocycles. The van der Waals surface area contributed by atoms with Crippen molar-refractivity contribution < 1.29 is 0 Å². The molecule has 56 valence electrons. The summed E-state index contributed by atoms with van der Waals surface area (Å²) in [5, 5.41) is 2.77. The molecule has 2 N–H and O–H groups in total. The van der Waals surface area contributed by atoms with Crippen molar-refractivity contribution in [3.05, 3.63) is 11.1 Å². The molecule has 2 rings (SSSR count). The molecule has 0 unspecified atom stereocenters.